The normalized spacial score (nSPS) is 10.2. The van der Waals surface area contributed by atoms with Crippen molar-refractivity contribution in [2.24, 2.45) is 0 Å². The fourth-order valence-electron chi connectivity index (χ4n) is 1.81. The molecule has 24 heavy (non-hydrogen) atoms. The van der Waals surface area contributed by atoms with Crippen LogP contribution in [0.25, 0.3) is 0 Å². The van der Waals surface area contributed by atoms with Gasteiger partial charge in [-0.15, -0.1) is 10.2 Å². The van der Waals surface area contributed by atoms with E-state index in [9.17, 15) is 9.59 Å². The number of hydrogen-bond donors (Lipinski definition) is 2. The summed E-state index contributed by atoms with van der Waals surface area (Å²) in [5.41, 5.74) is 0.470. The Bertz CT molecular complexity index is 685. The largest absolute Gasteiger partial charge is 0.494 e. The van der Waals surface area contributed by atoms with Gasteiger partial charge in [-0.25, -0.2) is 0 Å². The Hall–Kier alpha value is -2.48. The second-order valence-electron chi connectivity index (χ2n) is 5.08. The van der Waals surface area contributed by atoms with Crippen molar-refractivity contribution in [1.82, 2.24) is 15.5 Å². The van der Waals surface area contributed by atoms with E-state index in [1.54, 1.807) is 31.2 Å². The smallest absolute Gasteiger partial charge is 0.251 e. The summed E-state index contributed by atoms with van der Waals surface area (Å²) >= 11 is 1.28. The van der Waals surface area contributed by atoms with Gasteiger partial charge in [0.15, 0.2) is 0 Å². The van der Waals surface area contributed by atoms with Crippen molar-refractivity contribution in [3.05, 3.63) is 34.8 Å². The van der Waals surface area contributed by atoms with E-state index in [1.165, 1.54) is 11.3 Å². The number of amides is 2. The highest BCUT2D eigenvalue weighted by molar-refractivity contribution is 7.15. The molecule has 1 aromatic carbocycles. The number of hydrogen-bond acceptors (Lipinski definition) is 6. The molecular weight excluding hydrogens is 328 g/mol. The molecule has 0 aliphatic rings. The summed E-state index contributed by atoms with van der Waals surface area (Å²) in [7, 11) is 0. The number of ether oxygens (including phenoxy) is 1. The number of benzene rings is 1. The molecular formula is C16H20N4O3S. The van der Waals surface area contributed by atoms with Gasteiger partial charge in [0.25, 0.3) is 5.91 Å². The zero-order valence-corrected chi connectivity index (χ0v) is 14.5. The van der Waals surface area contributed by atoms with E-state index in [-0.39, 0.29) is 18.4 Å². The first kappa shape index (κ1) is 17.9. The number of anilines is 1. The van der Waals surface area contributed by atoms with Gasteiger partial charge in [0.05, 0.1) is 13.2 Å². The Morgan fingerprint density at radius 1 is 1.21 bits per heavy atom. The lowest BCUT2D eigenvalue weighted by atomic mass is 10.2. The summed E-state index contributed by atoms with van der Waals surface area (Å²) in [5.74, 6) is 0.0575. The molecule has 0 bridgehead atoms. The van der Waals surface area contributed by atoms with Crippen LogP contribution < -0.4 is 15.4 Å². The van der Waals surface area contributed by atoms with E-state index in [0.29, 0.717) is 17.3 Å². The first-order valence-corrected chi connectivity index (χ1v) is 8.51. The Morgan fingerprint density at radius 2 is 1.96 bits per heavy atom. The second kappa shape index (κ2) is 8.97. The minimum atomic E-state index is -0.348. The molecule has 2 rings (SSSR count). The average Bonchev–Trinajstić information content (AvgIpc) is 2.98. The first-order chi connectivity index (χ1) is 11.6. The van der Waals surface area contributed by atoms with Gasteiger partial charge in [-0.1, -0.05) is 24.7 Å². The predicted molar refractivity (Wildman–Crippen MR) is 92.5 cm³/mol. The van der Waals surface area contributed by atoms with Gasteiger partial charge in [0.1, 0.15) is 10.8 Å². The molecule has 0 atom stereocenters. The Labute approximate surface area is 144 Å². The van der Waals surface area contributed by atoms with Crippen molar-refractivity contribution in [3.63, 3.8) is 0 Å². The van der Waals surface area contributed by atoms with E-state index >= 15 is 0 Å². The molecule has 2 aromatic rings. The van der Waals surface area contributed by atoms with Crippen molar-refractivity contribution >= 4 is 28.3 Å². The molecule has 0 unspecified atom stereocenters. The molecule has 7 nitrogen and oxygen atoms in total. The summed E-state index contributed by atoms with van der Waals surface area (Å²) in [6.45, 7) is 4.42. The SMILES string of the molecule is CCCCOc1ccc(C(=O)NCC(=O)Nc2nnc(C)s2)cc1. The number of aromatic nitrogens is 2. The minimum absolute atomic E-state index is 0.133. The van der Waals surface area contributed by atoms with Crippen LogP contribution in [0.4, 0.5) is 5.13 Å². The zero-order valence-electron chi connectivity index (χ0n) is 13.7. The van der Waals surface area contributed by atoms with Crippen LogP contribution in [0.2, 0.25) is 0 Å². The van der Waals surface area contributed by atoms with Gasteiger partial charge in [-0.05, 0) is 37.6 Å². The number of unbranched alkanes of at least 4 members (excludes halogenated alkanes) is 1. The summed E-state index contributed by atoms with van der Waals surface area (Å²) in [6, 6.07) is 6.83. The van der Waals surface area contributed by atoms with Crippen LogP contribution in [0.15, 0.2) is 24.3 Å². The molecule has 0 aliphatic heterocycles. The zero-order chi connectivity index (χ0) is 17.4. The Morgan fingerprint density at radius 3 is 2.58 bits per heavy atom. The van der Waals surface area contributed by atoms with E-state index in [1.807, 2.05) is 0 Å². The van der Waals surface area contributed by atoms with Gasteiger partial charge >= 0.3 is 0 Å². The molecule has 2 N–H and O–H groups in total. The third kappa shape index (κ3) is 5.62. The van der Waals surface area contributed by atoms with Crippen molar-refractivity contribution < 1.29 is 14.3 Å². The maximum atomic E-state index is 12.0. The minimum Gasteiger partial charge on any atom is -0.494 e. The van der Waals surface area contributed by atoms with Crippen LogP contribution in [0.5, 0.6) is 5.75 Å². The van der Waals surface area contributed by atoms with Crippen LogP contribution in [0.3, 0.4) is 0 Å². The van der Waals surface area contributed by atoms with E-state index < -0.39 is 0 Å². The number of rotatable bonds is 8. The molecule has 0 spiro atoms. The van der Waals surface area contributed by atoms with Crippen molar-refractivity contribution in [2.75, 3.05) is 18.5 Å². The molecule has 0 radical (unpaired) electrons. The molecule has 128 valence electrons. The molecule has 1 aromatic heterocycles. The van der Waals surface area contributed by atoms with Gasteiger partial charge in [-0.2, -0.15) is 0 Å². The van der Waals surface area contributed by atoms with Gasteiger partial charge in [0.2, 0.25) is 11.0 Å². The molecule has 1 heterocycles. The maximum Gasteiger partial charge on any atom is 0.251 e. The molecule has 0 fully saturated rings. The number of aryl methyl sites for hydroxylation is 1. The van der Waals surface area contributed by atoms with Gasteiger partial charge in [0, 0.05) is 5.56 Å². The molecule has 0 saturated heterocycles. The third-order valence-electron chi connectivity index (χ3n) is 3.07. The number of nitrogens with zero attached hydrogens (tertiary/aromatic N) is 2. The monoisotopic (exact) mass is 348 g/mol. The van der Waals surface area contributed by atoms with E-state index in [2.05, 4.69) is 27.8 Å². The third-order valence-corrected chi connectivity index (χ3v) is 3.82. The molecule has 0 aliphatic carbocycles. The average molecular weight is 348 g/mol. The van der Waals surface area contributed by atoms with Crippen LogP contribution in [0.1, 0.15) is 35.1 Å². The fourth-order valence-corrected chi connectivity index (χ4v) is 2.42. The predicted octanol–water partition coefficient (Wildman–Crippen LogP) is 2.39. The summed E-state index contributed by atoms with van der Waals surface area (Å²) in [5, 5.41) is 13.9. The fraction of sp³-hybridized carbons (Fsp3) is 0.375. The summed E-state index contributed by atoms with van der Waals surface area (Å²) in [6.07, 6.45) is 2.06. The maximum absolute atomic E-state index is 12.0. The highest BCUT2D eigenvalue weighted by Gasteiger charge is 2.10. The quantitative estimate of drug-likeness (QED) is 0.715. The molecule has 8 heteroatoms. The van der Waals surface area contributed by atoms with Crippen LogP contribution in [-0.4, -0.2) is 35.2 Å². The van der Waals surface area contributed by atoms with E-state index in [0.717, 1.165) is 23.6 Å². The van der Waals surface area contributed by atoms with Crippen molar-refractivity contribution in [1.29, 1.82) is 0 Å². The summed E-state index contributed by atoms with van der Waals surface area (Å²) in [4.78, 5) is 23.8. The van der Waals surface area contributed by atoms with Gasteiger partial charge in [-0.3, -0.25) is 14.9 Å². The topological polar surface area (TPSA) is 93.2 Å². The highest BCUT2D eigenvalue weighted by atomic mass is 32.1. The van der Waals surface area contributed by atoms with Crippen LogP contribution >= 0.6 is 11.3 Å². The standard InChI is InChI=1S/C16H20N4O3S/c1-3-4-9-23-13-7-5-12(6-8-13)15(22)17-10-14(21)18-16-20-19-11(2)24-16/h5-8H,3-4,9-10H2,1-2H3,(H,17,22)(H,18,20,21). The lowest BCUT2D eigenvalue weighted by molar-refractivity contribution is -0.115. The summed E-state index contributed by atoms with van der Waals surface area (Å²) < 4.78 is 5.54. The van der Waals surface area contributed by atoms with Crippen molar-refractivity contribution in [3.8, 4) is 5.75 Å². The Kier molecular flexibility index (Phi) is 6.68. The van der Waals surface area contributed by atoms with Gasteiger partial charge < -0.3 is 10.1 Å². The highest BCUT2D eigenvalue weighted by Crippen LogP contribution is 2.14. The first-order valence-electron chi connectivity index (χ1n) is 7.69. The second-order valence-corrected chi connectivity index (χ2v) is 6.27. The Balaban J connectivity index is 1.78. The number of carbonyl (C=O) groups is 2. The van der Waals surface area contributed by atoms with E-state index in [4.69, 9.17) is 4.74 Å². The van der Waals surface area contributed by atoms with Crippen LogP contribution in [-0.2, 0) is 4.79 Å². The lowest BCUT2D eigenvalue weighted by Gasteiger charge is -2.07. The van der Waals surface area contributed by atoms with Crippen LogP contribution in [0, 0.1) is 6.92 Å². The number of nitrogens with one attached hydrogen (secondary N) is 2. The molecule has 0 saturated carbocycles. The number of carbonyl (C=O) groups excluding carboxylic acids is 2. The van der Waals surface area contributed by atoms with Crippen molar-refractivity contribution in [2.45, 2.75) is 26.7 Å². The lowest BCUT2D eigenvalue weighted by Crippen LogP contribution is -2.32. The molecule has 2 amide bonds.